The monoisotopic (exact) mass is 450 g/mol. The first-order valence-corrected chi connectivity index (χ1v) is 8.76. The molecule has 2 aromatic heterocycles. The van der Waals surface area contributed by atoms with Gasteiger partial charge in [0.25, 0.3) is 0 Å². The minimum absolute atomic E-state index is 0.0719. The van der Waals surface area contributed by atoms with Crippen LogP contribution in [0.15, 0.2) is 12.4 Å². The van der Waals surface area contributed by atoms with Crippen LogP contribution in [0.3, 0.4) is 0 Å². The predicted octanol–water partition coefficient (Wildman–Crippen LogP) is 3.29. The summed E-state index contributed by atoms with van der Waals surface area (Å²) in [6, 6.07) is 0.655. The molecule has 0 unspecified atom stereocenters. The summed E-state index contributed by atoms with van der Waals surface area (Å²) in [5, 5.41) is 14.9. The first-order chi connectivity index (χ1) is 12.7. The molecule has 3 heterocycles. The van der Waals surface area contributed by atoms with Gasteiger partial charge < -0.3 is 9.64 Å². The molecule has 0 saturated carbocycles. The number of rotatable bonds is 4. The van der Waals surface area contributed by atoms with Gasteiger partial charge >= 0.3 is 17.7 Å². The van der Waals surface area contributed by atoms with Crippen LogP contribution >= 0.6 is 15.9 Å². The highest BCUT2D eigenvalue weighted by atomic mass is 79.9. The minimum Gasteiger partial charge on any atom is -0.415 e. The first-order valence-electron chi connectivity index (χ1n) is 7.84. The molecule has 1 saturated heterocycles. The Labute approximate surface area is 159 Å². The number of nitro groups is 1. The fraction of sp³-hybridized carbons (Fsp3) is 0.500. The van der Waals surface area contributed by atoms with Crippen LogP contribution in [0.5, 0.6) is 11.8 Å². The van der Waals surface area contributed by atoms with Gasteiger partial charge in [0, 0.05) is 31.0 Å². The lowest BCUT2D eigenvalue weighted by atomic mass is 10.1. The van der Waals surface area contributed by atoms with Crippen LogP contribution in [0, 0.1) is 10.1 Å². The summed E-state index contributed by atoms with van der Waals surface area (Å²) in [5.41, 5.74) is -1.67. The molecule has 0 aliphatic carbocycles. The van der Waals surface area contributed by atoms with E-state index in [2.05, 4.69) is 31.0 Å². The van der Waals surface area contributed by atoms with Crippen molar-refractivity contribution >= 4 is 27.4 Å². The highest BCUT2D eigenvalue weighted by Crippen LogP contribution is 2.38. The maximum Gasteiger partial charge on any atom is 0.435 e. The van der Waals surface area contributed by atoms with Crippen LogP contribution in [-0.4, -0.2) is 42.6 Å². The average molecular weight is 451 g/mol. The standard InChI is InChI=1S/C14H14BrF3N6O3/c1-22-10(6-9(21-22)14(16,17)18)27-13-11(24(25)26)12(19-7-20-13)23-4-2-8(15)3-5-23/h6-8H,2-5H2,1H3. The molecule has 1 fully saturated rings. The molecule has 0 amide bonds. The highest BCUT2D eigenvalue weighted by Gasteiger charge is 2.36. The van der Waals surface area contributed by atoms with Crippen molar-refractivity contribution in [1.82, 2.24) is 19.7 Å². The highest BCUT2D eigenvalue weighted by molar-refractivity contribution is 9.09. The van der Waals surface area contributed by atoms with Crippen LogP contribution in [0.25, 0.3) is 0 Å². The van der Waals surface area contributed by atoms with Gasteiger partial charge in [-0.05, 0) is 12.8 Å². The zero-order valence-corrected chi connectivity index (χ0v) is 15.6. The van der Waals surface area contributed by atoms with Gasteiger partial charge in [0.2, 0.25) is 11.7 Å². The summed E-state index contributed by atoms with van der Waals surface area (Å²) in [5.74, 6) is -0.695. The number of ether oxygens (including phenoxy) is 1. The molecule has 0 atom stereocenters. The summed E-state index contributed by atoms with van der Waals surface area (Å²) >= 11 is 3.50. The van der Waals surface area contributed by atoms with Crippen molar-refractivity contribution < 1.29 is 22.8 Å². The molecule has 3 rings (SSSR count). The van der Waals surface area contributed by atoms with Gasteiger partial charge in [-0.25, -0.2) is 9.67 Å². The Bertz CT molecular complexity index is 851. The zero-order chi connectivity index (χ0) is 19.8. The van der Waals surface area contributed by atoms with Crippen molar-refractivity contribution in [2.24, 2.45) is 7.05 Å². The Morgan fingerprint density at radius 1 is 1.33 bits per heavy atom. The van der Waals surface area contributed by atoms with E-state index in [0.717, 1.165) is 23.9 Å². The van der Waals surface area contributed by atoms with E-state index < -0.39 is 28.4 Å². The zero-order valence-electron chi connectivity index (χ0n) is 14.0. The quantitative estimate of drug-likeness (QED) is 0.400. The normalized spacial score (nSPS) is 15.8. The maximum atomic E-state index is 12.8. The van der Waals surface area contributed by atoms with Crippen molar-refractivity contribution in [3.63, 3.8) is 0 Å². The molecule has 27 heavy (non-hydrogen) atoms. The van der Waals surface area contributed by atoms with Crippen LogP contribution < -0.4 is 9.64 Å². The number of aromatic nitrogens is 4. The van der Waals surface area contributed by atoms with E-state index in [4.69, 9.17) is 4.74 Å². The van der Waals surface area contributed by atoms with E-state index in [0.29, 0.717) is 24.0 Å². The third-order valence-electron chi connectivity index (χ3n) is 4.00. The van der Waals surface area contributed by atoms with Crippen molar-refractivity contribution in [2.45, 2.75) is 23.8 Å². The van der Waals surface area contributed by atoms with E-state index in [1.807, 2.05) is 0 Å². The van der Waals surface area contributed by atoms with E-state index in [9.17, 15) is 23.3 Å². The molecule has 1 aliphatic heterocycles. The van der Waals surface area contributed by atoms with Crippen molar-refractivity contribution in [1.29, 1.82) is 0 Å². The third-order valence-corrected chi connectivity index (χ3v) is 4.92. The predicted molar refractivity (Wildman–Crippen MR) is 91.1 cm³/mol. The van der Waals surface area contributed by atoms with E-state index in [1.54, 1.807) is 4.90 Å². The third kappa shape index (κ3) is 4.12. The summed E-state index contributed by atoms with van der Waals surface area (Å²) in [6.45, 7) is 1.08. The largest absolute Gasteiger partial charge is 0.435 e. The number of hydrogen-bond donors (Lipinski definition) is 0. The van der Waals surface area contributed by atoms with Gasteiger partial charge in [0.15, 0.2) is 5.69 Å². The molecule has 13 heteroatoms. The lowest BCUT2D eigenvalue weighted by molar-refractivity contribution is -0.385. The second kappa shape index (κ2) is 7.29. The molecular weight excluding hydrogens is 437 g/mol. The summed E-state index contributed by atoms with van der Waals surface area (Å²) in [7, 11) is 1.24. The van der Waals surface area contributed by atoms with Gasteiger partial charge in [-0.2, -0.15) is 23.3 Å². The molecule has 2 aromatic rings. The topological polar surface area (TPSA) is 99.2 Å². The van der Waals surface area contributed by atoms with Crippen LogP contribution in [0.1, 0.15) is 18.5 Å². The number of halogens is 4. The van der Waals surface area contributed by atoms with Crippen molar-refractivity contribution in [2.75, 3.05) is 18.0 Å². The van der Waals surface area contributed by atoms with E-state index in [1.165, 1.54) is 7.05 Å². The van der Waals surface area contributed by atoms with Crippen molar-refractivity contribution in [3.05, 3.63) is 28.2 Å². The van der Waals surface area contributed by atoms with Crippen LogP contribution in [-0.2, 0) is 13.2 Å². The fourth-order valence-electron chi connectivity index (χ4n) is 2.66. The molecule has 0 aromatic carbocycles. The molecule has 1 aliphatic rings. The second-order valence-corrected chi connectivity index (χ2v) is 7.16. The molecule has 0 bridgehead atoms. The molecule has 146 valence electrons. The number of hydrogen-bond acceptors (Lipinski definition) is 7. The van der Waals surface area contributed by atoms with Crippen LogP contribution in [0.4, 0.5) is 24.7 Å². The molecule has 0 N–H and O–H groups in total. The van der Waals surface area contributed by atoms with Gasteiger partial charge in [0.05, 0.1) is 4.92 Å². The lowest BCUT2D eigenvalue weighted by Crippen LogP contribution is -2.35. The second-order valence-electron chi connectivity index (χ2n) is 5.86. The first kappa shape index (κ1) is 19.3. The lowest BCUT2D eigenvalue weighted by Gasteiger charge is -2.29. The minimum atomic E-state index is -4.66. The SMILES string of the molecule is Cn1nc(C(F)(F)F)cc1Oc1ncnc(N2CCC(Br)CC2)c1[N+](=O)[O-]. The van der Waals surface area contributed by atoms with E-state index in [-0.39, 0.29) is 11.7 Å². The Kier molecular flexibility index (Phi) is 5.22. The molecule has 0 spiro atoms. The molecular formula is C14H14BrF3N6O3. The summed E-state index contributed by atoms with van der Waals surface area (Å²) in [4.78, 5) is 20.7. The Morgan fingerprint density at radius 2 is 2.00 bits per heavy atom. The van der Waals surface area contributed by atoms with E-state index >= 15 is 0 Å². The Hall–Kier alpha value is -2.44. The number of piperidine rings is 1. The Balaban J connectivity index is 1.96. The number of aryl methyl sites for hydroxylation is 1. The van der Waals surface area contributed by atoms with Gasteiger partial charge in [-0.3, -0.25) is 10.1 Å². The Morgan fingerprint density at radius 3 is 2.56 bits per heavy atom. The smallest absolute Gasteiger partial charge is 0.415 e. The number of anilines is 1. The molecule has 0 radical (unpaired) electrons. The van der Waals surface area contributed by atoms with Crippen molar-refractivity contribution in [3.8, 4) is 11.8 Å². The van der Waals surface area contributed by atoms with Gasteiger partial charge in [-0.1, -0.05) is 15.9 Å². The number of alkyl halides is 4. The van der Waals surface area contributed by atoms with Crippen LogP contribution in [0.2, 0.25) is 0 Å². The molecule has 9 nitrogen and oxygen atoms in total. The average Bonchev–Trinajstić information content (AvgIpc) is 2.96. The maximum absolute atomic E-state index is 12.8. The van der Waals surface area contributed by atoms with Gasteiger partial charge in [-0.15, -0.1) is 0 Å². The summed E-state index contributed by atoms with van der Waals surface area (Å²) < 4.78 is 44.5. The fourth-order valence-corrected chi connectivity index (χ4v) is 3.07. The van der Waals surface area contributed by atoms with Gasteiger partial charge in [0.1, 0.15) is 6.33 Å². The number of nitrogens with zero attached hydrogens (tertiary/aromatic N) is 6. The summed E-state index contributed by atoms with van der Waals surface area (Å²) in [6.07, 6.45) is -2.04.